The normalized spacial score (nSPS) is 26.3. The monoisotopic (exact) mass is 320 g/mol. The molecular formula is C16H24N4O3. The highest BCUT2D eigenvalue weighted by Gasteiger charge is 2.29. The molecule has 2 N–H and O–H groups in total. The summed E-state index contributed by atoms with van der Waals surface area (Å²) in [4.78, 5) is 11.4. The number of hydrogen-bond donors (Lipinski definition) is 2. The topological polar surface area (TPSA) is 79.7 Å². The van der Waals surface area contributed by atoms with Crippen LogP contribution < -0.4 is 10.2 Å². The third-order valence-electron chi connectivity index (χ3n) is 4.80. The maximum Gasteiger partial charge on any atom is 0.227 e. The molecule has 126 valence electrons. The lowest BCUT2D eigenvalue weighted by Gasteiger charge is -2.36. The molecule has 0 saturated carbocycles. The molecule has 7 nitrogen and oxygen atoms in total. The molecule has 23 heavy (non-hydrogen) atoms. The van der Waals surface area contributed by atoms with Crippen molar-refractivity contribution in [3.8, 4) is 0 Å². The van der Waals surface area contributed by atoms with Crippen molar-refractivity contribution < 1.29 is 14.6 Å². The third kappa shape index (κ3) is 3.41. The summed E-state index contributed by atoms with van der Waals surface area (Å²) >= 11 is 0. The number of rotatable bonds is 4. The van der Waals surface area contributed by atoms with Gasteiger partial charge < -0.3 is 24.8 Å². The fraction of sp³-hybridized carbons (Fsp3) is 0.750. The van der Waals surface area contributed by atoms with Crippen molar-refractivity contribution in [1.82, 2.24) is 9.97 Å². The summed E-state index contributed by atoms with van der Waals surface area (Å²) in [7, 11) is 0. The van der Waals surface area contributed by atoms with Crippen LogP contribution in [0, 0.1) is 0 Å². The first-order valence-corrected chi connectivity index (χ1v) is 8.52. The first kappa shape index (κ1) is 15.1. The lowest BCUT2D eigenvalue weighted by molar-refractivity contribution is 0.0904. The highest BCUT2D eigenvalue weighted by Crippen LogP contribution is 2.28. The molecular weight excluding hydrogens is 296 g/mol. The van der Waals surface area contributed by atoms with Crippen molar-refractivity contribution in [2.45, 2.75) is 37.3 Å². The smallest absolute Gasteiger partial charge is 0.227 e. The quantitative estimate of drug-likeness (QED) is 0.847. The molecule has 7 heteroatoms. The zero-order chi connectivity index (χ0) is 15.6. The second-order valence-electron chi connectivity index (χ2n) is 6.63. The van der Waals surface area contributed by atoms with E-state index in [4.69, 9.17) is 14.5 Å². The van der Waals surface area contributed by atoms with Gasteiger partial charge in [0.05, 0.1) is 18.4 Å². The number of aliphatic hydroxyl groups is 1. The fourth-order valence-electron chi connectivity index (χ4n) is 3.31. The largest absolute Gasteiger partial charge is 0.389 e. The molecule has 1 aromatic heterocycles. The number of aromatic nitrogens is 2. The molecule has 0 unspecified atom stereocenters. The van der Waals surface area contributed by atoms with Crippen molar-refractivity contribution >= 4 is 11.8 Å². The van der Waals surface area contributed by atoms with Gasteiger partial charge in [0, 0.05) is 50.9 Å². The minimum Gasteiger partial charge on any atom is -0.389 e. The fourth-order valence-corrected chi connectivity index (χ4v) is 3.31. The number of anilines is 2. The molecule has 3 aliphatic heterocycles. The van der Waals surface area contributed by atoms with E-state index < -0.39 is 0 Å². The molecule has 0 bridgehead atoms. The van der Waals surface area contributed by atoms with Gasteiger partial charge in [-0.1, -0.05) is 0 Å². The average molecular weight is 320 g/mol. The molecule has 0 aliphatic carbocycles. The highest BCUT2D eigenvalue weighted by molar-refractivity contribution is 5.47. The zero-order valence-corrected chi connectivity index (χ0v) is 13.3. The summed E-state index contributed by atoms with van der Waals surface area (Å²) in [6.07, 6.45) is 2.76. The molecule has 4 rings (SSSR count). The molecule has 0 aromatic carbocycles. The lowest BCUT2D eigenvalue weighted by Crippen LogP contribution is -2.51. The Morgan fingerprint density at radius 2 is 1.87 bits per heavy atom. The van der Waals surface area contributed by atoms with Crippen LogP contribution in [0.4, 0.5) is 11.8 Å². The third-order valence-corrected chi connectivity index (χ3v) is 4.80. The summed E-state index contributed by atoms with van der Waals surface area (Å²) in [5.74, 6) is 1.94. The van der Waals surface area contributed by atoms with Gasteiger partial charge in [-0.3, -0.25) is 0 Å². The van der Waals surface area contributed by atoms with Crippen LogP contribution in [-0.2, 0) is 9.47 Å². The Morgan fingerprint density at radius 1 is 1.09 bits per heavy atom. The van der Waals surface area contributed by atoms with Gasteiger partial charge in [-0.05, 0) is 19.3 Å². The maximum atomic E-state index is 9.54. The number of ether oxygens (including phenoxy) is 2. The highest BCUT2D eigenvalue weighted by atomic mass is 16.5. The second kappa shape index (κ2) is 6.59. The van der Waals surface area contributed by atoms with E-state index in [9.17, 15) is 5.11 Å². The summed E-state index contributed by atoms with van der Waals surface area (Å²) in [5.41, 5.74) is 1.04. The maximum absolute atomic E-state index is 9.54. The molecule has 3 saturated heterocycles. The van der Waals surface area contributed by atoms with Gasteiger partial charge in [0.25, 0.3) is 0 Å². The minimum absolute atomic E-state index is 0.260. The first-order chi connectivity index (χ1) is 11.3. The minimum atomic E-state index is -0.260. The van der Waals surface area contributed by atoms with E-state index in [1.165, 1.54) is 0 Å². The van der Waals surface area contributed by atoms with Gasteiger partial charge in [0.2, 0.25) is 5.95 Å². The number of nitrogens with zero attached hydrogens (tertiary/aromatic N) is 3. The Balaban J connectivity index is 1.55. The van der Waals surface area contributed by atoms with Crippen LogP contribution in [0.1, 0.15) is 30.9 Å². The van der Waals surface area contributed by atoms with Gasteiger partial charge >= 0.3 is 0 Å². The van der Waals surface area contributed by atoms with Crippen molar-refractivity contribution in [2.24, 2.45) is 0 Å². The van der Waals surface area contributed by atoms with E-state index in [0.29, 0.717) is 31.0 Å². The molecule has 0 amide bonds. The van der Waals surface area contributed by atoms with E-state index in [1.807, 2.05) is 4.90 Å². The van der Waals surface area contributed by atoms with Crippen LogP contribution in [0.15, 0.2) is 6.07 Å². The number of aliphatic hydroxyl groups excluding tert-OH is 1. The standard InChI is InChI=1S/C16H24N4O3/c21-13-8-20(9-13)16-18-14(11-1-4-23-10-11)7-15(19-16)17-12-2-5-22-6-3-12/h7,11-13,21H,1-6,8-10H2,(H,17,18,19)/t11-/m0/s1. The lowest BCUT2D eigenvalue weighted by atomic mass is 10.0. The Hall–Kier alpha value is -1.44. The van der Waals surface area contributed by atoms with Crippen molar-refractivity contribution in [3.05, 3.63) is 11.8 Å². The molecule has 0 radical (unpaired) electrons. The van der Waals surface area contributed by atoms with Crippen LogP contribution in [-0.4, -0.2) is 66.7 Å². The molecule has 3 fully saturated rings. The summed E-state index contributed by atoms with van der Waals surface area (Å²) in [6.45, 7) is 4.36. The van der Waals surface area contributed by atoms with Gasteiger partial charge in [0.15, 0.2) is 0 Å². The average Bonchev–Trinajstić information content (AvgIpc) is 3.07. The predicted octanol–water partition coefficient (Wildman–Crippen LogP) is 0.752. The molecule has 1 atom stereocenters. The van der Waals surface area contributed by atoms with E-state index in [0.717, 1.165) is 57.2 Å². The molecule has 3 aliphatic rings. The Morgan fingerprint density at radius 3 is 2.57 bits per heavy atom. The summed E-state index contributed by atoms with van der Waals surface area (Å²) in [5, 5.41) is 13.1. The van der Waals surface area contributed by atoms with Crippen LogP contribution in [0.25, 0.3) is 0 Å². The van der Waals surface area contributed by atoms with Gasteiger partial charge in [-0.25, -0.2) is 4.98 Å². The predicted molar refractivity (Wildman–Crippen MR) is 85.9 cm³/mol. The first-order valence-electron chi connectivity index (χ1n) is 8.52. The number of nitrogens with one attached hydrogen (secondary N) is 1. The number of hydrogen-bond acceptors (Lipinski definition) is 7. The molecule has 0 spiro atoms. The Bertz CT molecular complexity index is 538. The SMILES string of the molecule is OC1CN(c2nc(NC3CCOCC3)cc([C@H]3CCOC3)n2)C1. The van der Waals surface area contributed by atoms with Crippen LogP contribution in [0.2, 0.25) is 0 Å². The molecule has 4 heterocycles. The van der Waals surface area contributed by atoms with Crippen molar-refractivity contribution in [3.63, 3.8) is 0 Å². The van der Waals surface area contributed by atoms with Crippen molar-refractivity contribution in [1.29, 1.82) is 0 Å². The Labute approximate surface area is 136 Å². The van der Waals surface area contributed by atoms with E-state index in [2.05, 4.69) is 16.4 Å². The molecule has 1 aromatic rings. The van der Waals surface area contributed by atoms with Gasteiger partial charge in [-0.15, -0.1) is 0 Å². The second-order valence-corrected chi connectivity index (χ2v) is 6.63. The van der Waals surface area contributed by atoms with Crippen LogP contribution >= 0.6 is 0 Å². The van der Waals surface area contributed by atoms with Gasteiger partial charge in [-0.2, -0.15) is 4.98 Å². The van der Waals surface area contributed by atoms with E-state index in [1.54, 1.807) is 0 Å². The van der Waals surface area contributed by atoms with Crippen LogP contribution in [0.3, 0.4) is 0 Å². The summed E-state index contributed by atoms with van der Waals surface area (Å²) < 4.78 is 10.9. The zero-order valence-electron chi connectivity index (χ0n) is 13.3. The van der Waals surface area contributed by atoms with E-state index >= 15 is 0 Å². The van der Waals surface area contributed by atoms with Crippen molar-refractivity contribution in [2.75, 3.05) is 49.7 Å². The van der Waals surface area contributed by atoms with Crippen LogP contribution in [0.5, 0.6) is 0 Å². The van der Waals surface area contributed by atoms with Gasteiger partial charge in [0.1, 0.15) is 5.82 Å². The number of β-amino-alcohol motifs (C(OH)–C–C–N with tert-alkyl or cyclic N) is 1. The summed E-state index contributed by atoms with van der Waals surface area (Å²) in [6, 6.07) is 2.47. The van der Waals surface area contributed by atoms with E-state index in [-0.39, 0.29) is 6.10 Å². The Kier molecular flexibility index (Phi) is 4.33.